The molecule has 0 spiro atoms. The molecule has 0 fully saturated rings. The first kappa shape index (κ1) is 17.3. The zero-order valence-electron chi connectivity index (χ0n) is 13.5. The number of carbonyl (C=O) groups excluding carboxylic acids is 1. The van der Waals surface area contributed by atoms with E-state index in [-0.39, 0.29) is 11.2 Å². The van der Waals surface area contributed by atoms with E-state index >= 15 is 0 Å². The van der Waals surface area contributed by atoms with E-state index in [1.54, 1.807) is 19.1 Å². The molecule has 5 nitrogen and oxygen atoms in total. The van der Waals surface area contributed by atoms with Crippen LogP contribution in [0.4, 0.5) is 0 Å². The van der Waals surface area contributed by atoms with Crippen LogP contribution < -0.4 is 4.74 Å². The van der Waals surface area contributed by atoms with E-state index < -0.39 is 5.97 Å². The van der Waals surface area contributed by atoms with E-state index in [1.165, 1.54) is 6.07 Å². The third kappa shape index (κ3) is 5.63. The molecule has 0 aromatic heterocycles. The number of carbonyl (C=O) groups is 1. The van der Waals surface area contributed by atoms with Crippen molar-refractivity contribution < 1.29 is 19.4 Å². The fraction of sp³-hybridized carbons (Fsp3) is 0.562. The Kier molecular flexibility index (Phi) is 6.03. The molecule has 21 heavy (non-hydrogen) atoms. The molecule has 0 aliphatic heterocycles. The van der Waals surface area contributed by atoms with Crippen molar-refractivity contribution in [3.05, 3.63) is 23.8 Å². The molecule has 118 valence electrons. The molecule has 0 saturated heterocycles. The van der Waals surface area contributed by atoms with Gasteiger partial charge in [-0.15, -0.1) is 0 Å². The standard InChI is InChI=1S/C16H25NO4/c1-6-20-15(19)12-7-8-14(13(18)9-12)21-11-16(2,3)10-17(4)5/h7-9,18H,6,10-11H2,1-5H3. The summed E-state index contributed by atoms with van der Waals surface area (Å²) in [5.41, 5.74) is 0.268. The summed E-state index contributed by atoms with van der Waals surface area (Å²) in [6, 6.07) is 4.55. The number of phenolic OH excluding ortho intramolecular Hbond substituents is 1. The number of hydrogen-bond donors (Lipinski definition) is 1. The molecule has 0 unspecified atom stereocenters. The van der Waals surface area contributed by atoms with Gasteiger partial charge in [0, 0.05) is 12.0 Å². The van der Waals surface area contributed by atoms with E-state index in [4.69, 9.17) is 9.47 Å². The third-order valence-corrected chi connectivity index (χ3v) is 2.83. The molecule has 0 atom stereocenters. The highest BCUT2D eigenvalue weighted by Gasteiger charge is 2.21. The van der Waals surface area contributed by atoms with Gasteiger partial charge in [-0.2, -0.15) is 0 Å². The van der Waals surface area contributed by atoms with Gasteiger partial charge in [-0.25, -0.2) is 4.79 Å². The van der Waals surface area contributed by atoms with Gasteiger partial charge in [-0.3, -0.25) is 0 Å². The van der Waals surface area contributed by atoms with Crippen LogP contribution in [0.3, 0.4) is 0 Å². The maximum Gasteiger partial charge on any atom is 0.338 e. The van der Waals surface area contributed by atoms with Crippen LogP contribution in [0.2, 0.25) is 0 Å². The van der Waals surface area contributed by atoms with Gasteiger partial charge in [0.15, 0.2) is 11.5 Å². The van der Waals surface area contributed by atoms with Crippen LogP contribution in [0.25, 0.3) is 0 Å². The van der Waals surface area contributed by atoms with Gasteiger partial charge in [0.1, 0.15) is 0 Å². The summed E-state index contributed by atoms with van der Waals surface area (Å²) in [7, 11) is 4.01. The minimum atomic E-state index is -0.452. The van der Waals surface area contributed by atoms with Crippen molar-refractivity contribution in [2.24, 2.45) is 5.41 Å². The van der Waals surface area contributed by atoms with Crippen molar-refractivity contribution in [2.75, 3.05) is 33.9 Å². The minimum Gasteiger partial charge on any atom is -0.504 e. The van der Waals surface area contributed by atoms with Crippen LogP contribution in [-0.4, -0.2) is 49.8 Å². The first-order chi connectivity index (χ1) is 9.75. The van der Waals surface area contributed by atoms with Crippen LogP contribution >= 0.6 is 0 Å². The van der Waals surface area contributed by atoms with E-state index in [9.17, 15) is 9.90 Å². The van der Waals surface area contributed by atoms with E-state index in [2.05, 4.69) is 18.7 Å². The number of hydrogen-bond acceptors (Lipinski definition) is 5. The number of nitrogens with zero attached hydrogens (tertiary/aromatic N) is 1. The Morgan fingerprint density at radius 2 is 2.00 bits per heavy atom. The molecule has 1 aromatic carbocycles. The molecule has 0 saturated carbocycles. The topological polar surface area (TPSA) is 59.0 Å². The van der Waals surface area contributed by atoms with Crippen molar-refractivity contribution in [3.63, 3.8) is 0 Å². The Hall–Kier alpha value is -1.75. The summed E-state index contributed by atoms with van der Waals surface area (Å²) in [6.07, 6.45) is 0. The largest absolute Gasteiger partial charge is 0.504 e. The van der Waals surface area contributed by atoms with Crippen LogP contribution in [0.5, 0.6) is 11.5 Å². The Balaban J connectivity index is 2.71. The fourth-order valence-electron chi connectivity index (χ4n) is 2.16. The molecular formula is C16H25NO4. The molecule has 1 aromatic rings. The van der Waals surface area contributed by atoms with E-state index in [0.717, 1.165) is 6.54 Å². The van der Waals surface area contributed by atoms with Gasteiger partial charge >= 0.3 is 5.97 Å². The Morgan fingerprint density at radius 3 is 2.52 bits per heavy atom. The first-order valence-corrected chi connectivity index (χ1v) is 7.03. The second kappa shape index (κ2) is 7.31. The lowest BCUT2D eigenvalue weighted by Gasteiger charge is -2.28. The van der Waals surface area contributed by atoms with Crippen LogP contribution in [0, 0.1) is 5.41 Å². The number of aromatic hydroxyl groups is 1. The summed E-state index contributed by atoms with van der Waals surface area (Å²) in [5.74, 6) is -0.136. The summed E-state index contributed by atoms with van der Waals surface area (Å²) >= 11 is 0. The number of phenols is 1. The highest BCUT2D eigenvalue weighted by molar-refractivity contribution is 5.90. The minimum absolute atomic E-state index is 0.0459. The van der Waals surface area contributed by atoms with Crippen LogP contribution in [-0.2, 0) is 4.74 Å². The molecular weight excluding hydrogens is 270 g/mol. The second-order valence-electron chi connectivity index (χ2n) is 6.09. The summed E-state index contributed by atoms with van der Waals surface area (Å²) < 4.78 is 10.6. The number of benzene rings is 1. The van der Waals surface area contributed by atoms with Gasteiger partial charge in [-0.05, 0) is 39.2 Å². The fourth-order valence-corrected chi connectivity index (χ4v) is 2.16. The molecule has 5 heteroatoms. The van der Waals surface area contributed by atoms with Crippen LogP contribution in [0.1, 0.15) is 31.1 Å². The SMILES string of the molecule is CCOC(=O)c1ccc(OCC(C)(C)CN(C)C)c(O)c1. The molecule has 0 bridgehead atoms. The Morgan fingerprint density at radius 1 is 1.33 bits per heavy atom. The van der Waals surface area contributed by atoms with Gasteiger partial charge in [0.25, 0.3) is 0 Å². The quantitative estimate of drug-likeness (QED) is 0.783. The number of esters is 1. The predicted octanol–water partition coefficient (Wildman–Crippen LogP) is 2.54. The highest BCUT2D eigenvalue weighted by Crippen LogP contribution is 2.29. The highest BCUT2D eigenvalue weighted by atomic mass is 16.5. The van der Waals surface area contributed by atoms with Crippen molar-refractivity contribution >= 4 is 5.97 Å². The molecule has 0 aliphatic rings. The lowest BCUT2D eigenvalue weighted by molar-refractivity contribution is 0.0525. The number of ether oxygens (including phenoxy) is 2. The molecule has 0 heterocycles. The summed E-state index contributed by atoms with van der Waals surface area (Å²) in [4.78, 5) is 13.7. The van der Waals surface area contributed by atoms with Gasteiger partial charge in [-0.1, -0.05) is 13.8 Å². The molecule has 1 N–H and O–H groups in total. The zero-order chi connectivity index (χ0) is 16.0. The average Bonchev–Trinajstić information content (AvgIpc) is 2.36. The van der Waals surface area contributed by atoms with Crippen molar-refractivity contribution in [3.8, 4) is 11.5 Å². The van der Waals surface area contributed by atoms with E-state index in [0.29, 0.717) is 24.5 Å². The second-order valence-corrected chi connectivity index (χ2v) is 6.09. The van der Waals surface area contributed by atoms with Gasteiger partial charge < -0.3 is 19.5 Å². The maximum atomic E-state index is 11.6. The zero-order valence-corrected chi connectivity index (χ0v) is 13.5. The molecule has 0 aliphatic carbocycles. The van der Waals surface area contributed by atoms with Gasteiger partial charge in [0.05, 0.1) is 18.8 Å². The van der Waals surface area contributed by atoms with Gasteiger partial charge in [0.2, 0.25) is 0 Å². The smallest absolute Gasteiger partial charge is 0.338 e. The molecule has 1 rings (SSSR count). The lowest BCUT2D eigenvalue weighted by Crippen LogP contribution is -2.33. The number of rotatable bonds is 7. The Labute approximate surface area is 126 Å². The summed E-state index contributed by atoms with van der Waals surface area (Å²) in [6.45, 7) is 7.57. The average molecular weight is 295 g/mol. The summed E-state index contributed by atoms with van der Waals surface area (Å²) in [5, 5.41) is 9.94. The monoisotopic (exact) mass is 295 g/mol. The molecule has 0 radical (unpaired) electrons. The Bertz CT molecular complexity index is 483. The van der Waals surface area contributed by atoms with Crippen LogP contribution in [0.15, 0.2) is 18.2 Å². The lowest BCUT2D eigenvalue weighted by atomic mass is 9.94. The molecule has 0 amide bonds. The maximum absolute atomic E-state index is 11.6. The third-order valence-electron chi connectivity index (χ3n) is 2.83. The van der Waals surface area contributed by atoms with Crippen molar-refractivity contribution in [1.29, 1.82) is 0 Å². The van der Waals surface area contributed by atoms with E-state index in [1.807, 2.05) is 14.1 Å². The van der Waals surface area contributed by atoms with Crippen molar-refractivity contribution in [1.82, 2.24) is 4.90 Å². The first-order valence-electron chi connectivity index (χ1n) is 7.03. The normalized spacial score (nSPS) is 11.5. The predicted molar refractivity (Wildman–Crippen MR) is 81.9 cm³/mol. The van der Waals surface area contributed by atoms with Crippen molar-refractivity contribution in [2.45, 2.75) is 20.8 Å².